The Hall–Kier alpha value is -3.32. The Bertz CT molecular complexity index is 1090. The largest absolute Gasteiger partial charge is 0.378 e. The molecule has 148 valence electrons. The molecule has 1 saturated heterocycles. The first-order valence-electron chi connectivity index (χ1n) is 9.54. The van der Waals surface area contributed by atoms with Crippen LogP contribution in [0.1, 0.15) is 33.3 Å². The van der Waals surface area contributed by atoms with Crippen molar-refractivity contribution in [3.8, 4) is 0 Å². The van der Waals surface area contributed by atoms with Crippen molar-refractivity contribution in [1.29, 1.82) is 0 Å². The Morgan fingerprint density at radius 2 is 1.93 bits per heavy atom. The summed E-state index contributed by atoms with van der Waals surface area (Å²) in [7, 11) is 0. The van der Waals surface area contributed by atoms with Gasteiger partial charge in [-0.15, -0.1) is 0 Å². The van der Waals surface area contributed by atoms with Crippen LogP contribution in [0.2, 0.25) is 0 Å². The summed E-state index contributed by atoms with van der Waals surface area (Å²) in [6, 6.07) is 11.0. The molecule has 0 atom stereocenters. The van der Waals surface area contributed by atoms with E-state index in [1.54, 1.807) is 23.2 Å². The van der Waals surface area contributed by atoms with Gasteiger partial charge in [0.2, 0.25) is 0 Å². The summed E-state index contributed by atoms with van der Waals surface area (Å²) in [6.07, 6.45) is 1.57. The molecule has 7 heteroatoms. The number of fused-ring (bicyclic) bond motifs is 1. The number of anilines is 2. The highest BCUT2D eigenvalue weighted by atomic mass is 16.5. The predicted molar refractivity (Wildman–Crippen MR) is 111 cm³/mol. The first-order chi connectivity index (χ1) is 14.0. The summed E-state index contributed by atoms with van der Waals surface area (Å²) in [5.41, 5.74) is 3.85. The molecular formula is C22H22N4O3. The van der Waals surface area contributed by atoms with E-state index >= 15 is 0 Å². The van der Waals surface area contributed by atoms with Crippen LogP contribution in [0.4, 0.5) is 11.4 Å². The summed E-state index contributed by atoms with van der Waals surface area (Å²) in [5, 5.41) is 4.09. The average molecular weight is 390 g/mol. The second kappa shape index (κ2) is 7.97. The Labute approximate surface area is 168 Å². The molecular weight excluding hydrogens is 368 g/mol. The number of ketones is 1. The van der Waals surface area contributed by atoms with E-state index in [1.807, 2.05) is 31.2 Å². The zero-order valence-corrected chi connectivity index (χ0v) is 16.4. The van der Waals surface area contributed by atoms with Crippen molar-refractivity contribution in [3.63, 3.8) is 0 Å². The van der Waals surface area contributed by atoms with E-state index in [9.17, 15) is 9.59 Å². The maximum Gasteiger partial charge on any atom is 0.257 e. The molecule has 1 aliphatic heterocycles. The molecule has 0 unspecified atom stereocenters. The van der Waals surface area contributed by atoms with Gasteiger partial charge in [0, 0.05) is 41.6 Å². The lowest BCUT2D eigenvalue weighted by molar-refractivity contribution is 0.0303. The van der Waals surface area contributed by atoms with Crippen LogP contribution in [0.5, 0.6) is 0 Å². The van der Waals surface area contributed by atoms with Crippen molar-refractivity contribution < 1.29 is 14.3 Å². The number of pyridine rings is 2. The summed E-state index contributed by atoms with van der Waals surface area (Å²) in [4.78, 5) is 35.7. The highest BCUT2D eigenvalue weighted by Gasteiger charge is 2.23. The van der Waals surface area contributed by atoms with Crippen LogP contribution < -0.4 is 5.32 Å². The Morgan fingerprint density at radius 3 is 2.69 bits per heavy atom. The molecule has 2 aromatic heterocycles. The molecule has 29 heavy (non-hydrogen) atoms. The highest BCUT2D eigenvalue weighted by molar-refractivity contribution is 6.07. The van der Waals surface area contributed by atoms with Gasteiger partial charge in [-0.25, -0.2) is 9.97 Å². The average Bonchev–Trinajstić information content (AvgIpc) is 2.74. The molecule has 0 aliphatic carbocycles. The number of aryl methyl sites for hydroxylation is 1. The quantitative estimate of drug-likeness (QED) is 0.688. The Kier molecular flexibility index (Phi) is 5.22. The molecule has 1 N–H and O–H groups in total. The molecule has 3 aromatic rings. The van der Waals surface area contributed by atoms with E-state index in [-0.39, 0.29) is 11.7 Å². The van der Waals surface area contributed by atoms with E-state index in [1.165, 1.54) is 6.92 Å². The van der Waals surface area contributed by atoms with E-state index in [4.69, 9.17) is 4.74 Å². The van der Waals surface area contributed by atoms with Gasteiger partial charge in [-0.3, -0.25) is 9.59 Å². The molecule has 3 heterocycles. The topological polar surface area (TPSA) is 84.4 Å². The second-order valence-electron chi connectivity index (χ2n) is 7.04. The Morgan fingerprint density at radius 1 is 1.14 bits per heavy atom. The Balaban J connectivity index is 1.81. The number of benzene rings is 1. The summed E-state index contributed by atoms with van der Waals surface area (Å²) in [6.45, 7) is 5.57. The van der Waals surface area contributed by atoms with Gasteiger partial charge in [0.05, 0.1) is 24.5 Å². The first kappa shape index (κ1) is 19.0. The highest BCUT2D eigenvalue weighted by Crippen LogP contribution is 2.30. The SMILES string of the molecule is CC(=O)c1cccc(Nc2c(C(=O)N3CCOCC3)cnc3nc(C)ccc23)c1. The molecule has 0 spiro atoms. The maximum absolute atomic E-state index is 13.2. The van der Waals surface area contributed by atoms with Crippen LogP contribution >= 0.6 is 0 Å². The lowest BCUT2D eigenvalue weighted by Crippen LogP contribution is -2.41. The third kappa shape index (κ3) is 3.95. The number of nitrogens with zero attached hydrogens (tertiary/aromatic N) is 3. The lowest BCUT2D eigenvalue weighted by Gasteiger charge is -2.27. The molecule has 0 bridgehead atoms. The van der Waals surface area contributed by atoms with Crippen LogP contribution in [-0.2, 0) is 4.74 Å². The van der Waals surface area contributed by atoms with Crippen molar-refractivity contribution in [2.24, 2.45) is 0 Å². The number of Topliss-reactive ketones (excluding diaryl/α,β-unsaturated/α-hetero) is 1. The van der Waals surface area contributed by atoms with Gasteiger partial charge in [-0.05, 0) is 38.1 Å². The van der Waals surface area contributed by atoms with Gasteiger partial charge in [0.25, 0.3) is 5.91 Å². The number of hydrogen-bond acceptors (Lipinski definition) is 6. The predicted octanol–water partition coefficient (Wildman–Crippen LogP) is 3.36. The number of morpholine rings is 1. The van der Waals surface area contributed by atoms with Gasteiger partial charge in [0.15, 0.2) is 11.4 Å². The van der Waals surface area contributed by atoms with Crippen molar-refractivity contribution in [2.75, 3.05) is 31.6 Å². The van der Waals surface area contributed by atoms with Crippen molar-refractivity contribution in [3.05, 3.63) is 59.4 Å². The fourth-order valence-electron chi connectivity index (χ4n) is 3.37. The summed E-state index contributed by atoms with van der Waals surface area (Å²) >= 11 is 0. The summed E-state index contributed by atoms with van der Waals surface area (Å²) in [5.74, 6) is -0.122. The maximum atomic E-state index is 13.2. The van der Waals surface area contributed by atoms with Gasteiger partial charge >= 0.3 is 0 Å². The number of ether oxygens (including phenoxy) is 1. The minimum absolute atomic E-state index is 0.0184. The molecule has 0 saturated carbocycles. The minimum Gasteiger partial charge on any atom is -0.378 e. The number of carbonyl (C=O) groups is 2. The monoisotopic (exact) mass is 390 g/mol. The second-order valence-corrected chi connectivity index (χ2v) is 7.04. The molecule has 7 nitrogen and oxygen atoms in total. The van der Waals surface area contributed by atoms with E-state index in [0.717, 1.165) is 16.8 Å². The van der Waals surface area contributed by atoms with Crippen LogP contribution in [0.3, 0.4) is 0 Å². The minimum atomic E-state index is -0.103. The number of rotatable bonds is 4. The van der Waals surface area contributed by atoms with Gasteiger partial charge in [-0.2, -0.15) is 0 Å². The fraction of sp³-hybridized carbons (Fsp3) is 0.273. The molecule has 1 aliphatic rings. The molecule has 4 rings (SSSR count). The van der Waals surface area contributed by atoms with Crippen LogP contribution in [0.25, 0.3) is 11.0 Å². The van der Waals surface area contributed by atoms with E-state index < -0.39 is 0 Å². The fourth-order valence-corrected chi connectivity index (χ4v) is 3.37. The van der Waals surface area contributed by atoms with Crippen LogP contribution in [-0.4, -0.2) is 52.9 Å². The zero-order chi connectivity index (χ0) is 20.4. The third-order valence-corrected chi connectivity index (χ3v) is 4.94. The first-order valence-corrected chi connectivity index (χ1v) is 9.54. The zero-order valence-electron chi connectivity index (χ0n) is 16.4. The standard InChI is InChI=1S/C22H22N4O3/c1-14-6-7-18-20(25-17-5-3-4-16(12-17)15(2)27)19(13-23-21(18)24-14)22(28)26-8-10-29-11-9-26/h3-7,12-13H,8-11H2,1-2H3,(H,23,24,25). The van der Waals surface area contributed by atoms with Crippen molar-refractivity contribution in [2.45, 2.75) is 13.8 Å². The number of nitrogens with one attached hydrogen (secondary N) is 1. The van der Waals surface area contributed by atoms with Crippen LogP contribution in [0.15, 0.2) is 42.6 Å². The van der Waals surface area contributed by atoms with E-state index in [0.29, 0.717) is 48.8 Å². The number of amides is 1. The normalized spacial score (nSPS) is 14.1. The van der Waals surface area contributed by atoms with E-state index in [2.05, 4.69) is 15.3 Å². The molecule has 1 aromatic carbocycles. The van der Waals surface area contributed by atoms with Gasteiger partial charge < -0.3 is 15.0 Å². The van der Waals surface area contributed by atoms with Crippen LogP contribution in [0, 0.1) is 6.92 Å². The van der Waals surface area contributed by atoms with Gasteiger partial charge in [-0.1, -0.05) is 12.1 Å². The molecule has 1 fully saturated rings. The third-order valence-electron chi connectivity index (χ3n) is 4.94. The van der Waals surface area contributed by atoms with Crippen molar-refractivity contribution in [1.82, 2.24) is 14.9 Å². The smallest absolute Gasteiger partial charge is 0.257 e. The van der Waals surface area contributed by atoms with Crippen molar-refractivity contribution >= 4 is 34.1 Å². The van der Waals surface area contributed by atoms with Gasteiger partial charge in [0.1, 0.15) is 0 Å². The summed E-state index contributed by atoms with van der Waals surface area (Å²) < 4.78 is 5.36. The molecule has 1 amide bonds. The number of carbonyl (C=O) groups excluding carboxylic acids is 2. The number of aromatic nitrogens is 2. The number of hydrogen-bond donors (Lipinski definition) is 1. The molecule has 0 radical (unpaired) electrons. The lowest BCUT2D eigenvalue weighted by atomic mass is 10.1.